The van der Waals surface area contributed by atoms with Crippen LogP contribution in [0.3, 0.4) is 0 Å². The van der Waals surface area contributed by atoms with Crippen molar-refractivity contribution in [1.29, 1.82) is 0 Å². The van der Waals surface area contributed by atoms with E-state index in [-0.39, 0.29) is 35.9 Å². The quantitative estimate of drug-likeness (QED) is 0.504. The first-order valence-corrected chi connectivity index (χ1v) is 14.0. The fraction of sp³-hybridized carbons (Fsp3) is 0.462. The highest BCUT2D eigenvalue weighted by Crippen LogP contribution is 2.47. The molecule has 1 saturated carbocycles. The number of hydrogen-bond acceptors (Lipinski definition) is 5. The first-order chi connectivity index (χ1) is 17.3. The van der Waals surface area contributed by atoms with E-state index in [1.807, 2.05) is 46.7 Å². The zero-order valence-corrected chi connectivity index (χ0v) is 20.9. The molecule has 2 saturated heterocycles. The van der Waals surface area contributed by atoms with Gasteiger partial charge in [0.1, 0.15) is 29.5 Å². The molecule has 1 aromatic heterocycles. The van der Waals surface area contributed by atoms with Gasteiger partial charge in [0.05, 0.1) is 5.69 Å². The Hall–Kier alpha value is -2.85. The Balaban J connectivity index is 1.23. The van der Waals surface area contributed by atoms with Gasteiger partial charge in [-0.05, 0) is 50.2 Å². The second-order valence-electron chi connectivity index (χ2n) is 10.3. The van der Waals surface area contributed by atoms with Crippen LogP contribution in [-0.2, 0) is 16.6 Å². The normalized spacial score (nSPS) is 29.6. The molecule has 0 unspecified atom stereocenters. The van der Waals surface area contributed by atoms with Crippen molar-refractivity contribution in [2.75, 3.05) is 11.4 Å². The minimum Gasteiger partial charge on any atom is -0.366 e. The number of benzene rings is 2. The van der Waals surface area contributed by atoms with Gasteiger partial charge in [-0.2, -0.15) is 4.31 Å². The monoisotopic (exact) mass is 513 g/mol. The maximum Gasteiger partial charge on any atom is 0.221 e. The maximum atomic E-state index is 15.4. The van der Waals surface area contributed by atoms with Gasteiger partial charge in [0.25, 0.3) is 0 Å². The molecule has 0 amide bonds. The van der Waals surface area contributed by atoms with Crippen molar-refractivity contribution in [3.63, 3.8) is 0 Å². The molecule has 2 aromatic carbocycles. The zero-order chi connectivity index (χ0) is 25.0. The fourth-order valence-corrected chi connectivity index (χ4v) is 8.59. The molecule has 36 heavy (non-hydrogen) atoms. The number of aromatic nitrogens is 3. The summed E-state index contributed by atoms with van der Waals surface area (Å²) in [7, 11) is -3.73. The summed E-state index contributed by atoms with van der Waals surface area (Å²) in [6.45, 7) is 2.28. The second kappa shape index (κ2) is 8.92. The molecule has 0 N–H and O–H groups in total. The van der Waals surface area contributed by atoms with Crippen molar-refractivity contribution < 1.29 is 17.2 Å². The molecule has 2 bridgehead atoms. The Labute approximate surface area is 209 Å². The van der Waals surface area contributed by atoms with Gasteiger partial charge in [0.2, 0.25) is 10.0 Å². The Morgan fingerprint density at radius 2 is 1.75 bits per heavy atom. The van der Waals surface area contributed by atoms with E-state index < -0.39 is 26.9 Å². The molecule has 7 nitrogen and oxygen atoms in total. The highest BCUT2D eigenvalue weighted by atomic mass is 32.2. The number of nitrogens with zero attached hydrogens (tertiary/aromatic N) is 5. The molecular formula is C26H29F2N5O2S. The van der Waals surface area contributed by atoms with Crippen LogP contribution in [-0.4, -0.2) is 46.1 Å². The number of fused-ring (bicyclic) bond motifs is 2. The molecule has 3 heterocycles. The lowest BCUT2D eigenvalue weighted by atomic mass is 10.0. The predicted molar refractivity (Wildman–Crippen MR) is 132 cm³/mol. The lowest BCUT2D eigenvalue weighted by Crippen LogP contribution is -2.45. The standard InChI is InChI=1S/C26H29F2N5O2S/c1-17-7-8-26(18-5-3-2-4-6-18)36(34,35)33(17)14-19-10-23(28)25(12-22(19)27)32-13-20-9-21(32)11-24(20)31-15-29-30-16-31/h2-6,10,12,15-17,20-21,24,26H,7-9,11,13-14H2,1H3/t17-,20-,21-,24-,26+/m0/s1. The molecule has 0 radical (unpaired) electrons. The number of rotatable bonds is 5. The lowest BCUT2D eigenvalue weighted by Gasteiger charge is -2.38. The average Bonchev–Trinajstić information content (AvgIpc) is 3.61. The van der Waals surface area contributed by atoms with Gasteiger partial charge < -0.3 is 9.47 Å². The van der Waals surface area contributed by atoms with Gasteiger partial charge in [-0.3, -0.25) is 0 Å². The van der Waals surface area contributed by atoms with Gasteiger partial charge in [-0.25, -0.2) is 17.2 Å². The smallest absolute Gasteiger partial charge is 0.221 e. The summed E-state index contributed by atoms with van der Waals surface area (Å²) in [4.78, 5) is 1.96. The molecule has 5 atom stereocenters. The van der Waals surface area contributed by atoms with Crippen molar-refractivity contribution in [1.82, 2.24) is 19.1 Å². The fourth-order valence-electron chi connectivity index (χ4n) is 6.41. The largest absolute Gasteiger partial charge is 0.366 e. The Bertz CT molecular complexity index is 1350. The molecule has 3 aliphatic rings. The van der Waals surface area contributed by atoms with Gasteiger partial charge in [0.15, 0.2) is 0 Å². The van der Waals surface area contributed by atoms with E-state index in [2.05, 4.69) is 10.2 Å². The topological polar surface area (TPSA) is 71.3 Å². The number of halogens is 2. The summed E-state index contributed by atoms with van der Waals surface area (Å²) in [5.41, 5.74) is 1.04. The molecule has 190 valence electrons. The molecule has 0 spiro atoms. The van der Waals surface area contributed by atoms with Crippen molar-refractivity contribution >= 4 is 15.7 Å². The van der Waals surface area contributed by atoms with E-state index in [1.165, 1.54) is 16.4 Å². The highest BCUT2D eigenvalue weighted by Gasteiger charge is 2.46. The van der Waals surface area contributed by atoms with Crippen LogP contribution in [0, 0.1) is 17.6 Å². The summed E-state index contributed by atoms with van der Waals surface area (Å²) >= 11 is 0. The van der Waals surface area contributed by atoms with Crippen LogP contribution >= 0.6 is 0 Å². The number of piperidine rings is 1. The highest BCUT2D eigenvalue weighted by molar-refractivity contribution is 7.89. The van der Waals surface area contributed by atoms with Crippen LogP contribution in [0.1, 0.15) is 55.0 Å². The minimum absolute atomic E-state index is 0.0621. The van der Waals surface area contributed by atoms with E-state index in [9.17, 15) is 8.42 Å². The Morgan fingerprint density at radius 3 is 2.44 bits per heavy atom. The van der Waals surface area contributed by atoms with Gasteiger partial charge in [-0.15, -0.1) is 10.2 Å². The van der Waals surface area contributed by atoms with E-state index in [1.54, 1.807) is 12.7 Å². The predicted octanol–water partition coefficient (Wildman–Crippen LogP) is 4.45. The van der Waals surface area contributed by atoms with Crippen LogP contribution < -0.4 is 4.90 Å². The maximum absolute atomic E-state index is 15.4. The summed E-state index contributed by atoms with van der Waals surface area (Å²) in [6, 6.07) is 11.6. The van der Waals surface area contributed by atoms with Crippen molar-refractivity contribution in [3.8, 4) is 0 Å². The third-order valence-corrected chi connectivity index (χ3v) is 10.6. The van der Waals surface area contributed by atoms with Gasteiger partial charge >= 0.3 is 0 Å². The van der Waals surface area contributed by atoms with E-state index in [0.717, 1.165) is 18.4 Å². The molecule has 3 fully saturated rings. The molecule has 2 aliphatic heterocycles. The number of sulfonamides is 1. The molecular weight excluding hydrogens is 484 g/mol. The van der Waals surface area contributed by atoms with Crippen LogP contribution in [0.25, 0.3) is 0 Å². The third-order valence-electron chi connectivity index (χ3n) is 8.27. The van der Waals surface area contributed by atoms with Crippen LogP contribution in [0.5, 0.6) is 0 Å². The summed E-state index contributed by atoms with van der Waals surface area (Å²) < 4.78 is 61.1. The Morgan fingerprint density at radius 1 is 1.00 bits per heavy atom. The average molecular weight is 514 g/mol. The molecule has 10 heteroatoms. The van der Waals surface area contributed by atoms with Gasteiger partial charge in [-0.1, -0.05) is 30.3 Å². The Kier molecular flexibility index (Phi) is 5.83. The van der Waals surface area contributed by atoms with E-state index in [0.29, 0.717) is 25.3 Å². The molecule has 6 rings (SSSR count). The van der Waals surface area contributed by atoms with Gasteiger partial charge in [0, 0.05) is 42.8 Å². The van der Waals surface area contributed by atoms with Crippen LogP contribution in [0.2, 0.25) is 0 Å². The van der Waals surface area contributed by atoms with Crippen LogP contribution in [0.15, 0.2) is 55.1 Å². The minimum atomic E-state index is -3.73. The lowest BCUT2D eigenvalue weighted by molar-refractivity contribution is 0.278. The first-order valence-electron chi connectivity index (χ1n) is 12.5. The van der Waals surface area contributed by atoms with E-state index in [4.69, 9.17) is 0 Å². The summed E-state index contributed by atoms with van der Waals surface area (Å²) in [5.74, 6) is -0.766. The zero-order valence-electron chi connectivity index (χ0n) is 20.0. The van der Waals surface area contributed by atoms with Crippen molar-refractivity contribution in [2.45, 2.75) is 62.5 Å². The summed E-state index contributed by atoms with van der Waals surface area (Å²) in [5, 5.41) is 7.10. The number of anilines is 1. The summed E-state index contributed by atoms with van der Waals surface area (Å²) in [6.07, 6.45) is 6.33. The number of hydrogen-bond donors (Lipinski definition) is 0. The SMILES string of the molecule is C[C@H]1CC[C@H](c2ccccc2)S(=O)(=O)N1Cc1cc(F)c(N2C[C@@H]3C[C@H]2C[C@@H]3n2cnnc2)cc1F. The second-order valence-corrected chi connectivity index (χ2v) is 12.4. The third kappa shape index (κ3) is 3.91. The first kappa shape index (κ1) is 23.5. The van der Waals surface area contributed by atoms with E-state index >= 15 is 8.78 Å². The molecule has 1 aliphatic carbocycles. The van der Waals surface area contributed by atoms with Crippen molar-refractivity contribution in [2.24, 2.45) is 5.92 Å². The van der Waals surface area contributed by atoms with Crippen molar-refractivity contribution in [3.05, 3.63) is 77.9 Å². The van der Waals surface area contributed by atoms with Crippen LogP contribution in [0.4, 0.5) is 14.5 Å². The molecule has 3 aromatic rings.